The number of aliphatic imine (C=N–C) groups is 1. The minimum Gasteiger partial charge on any atom is -0.370 e. The van der Waals surface area contributed by atoms with E-state index in [1.54, 1.807) is 4.90 Å². The van der Waals surface area contributed by atoms with E-state index in [1.165, 1.54) is 0 Å². The van der Waals surface area contributed by atoms with Gasteiger partial charge < -0.3 is 10.6 Å². The molecule has 1 unspecified atom stereocenters. The minimum atomic E-state index is -1.19. The van der Waals surface area contributed by atoms with Crippen molar-refractivity contribution in [2.24, 2.45) is 10.7 Å². The van der Waals surface area contributed by atoms with Crippen molar-refractivity contribution in [1.29, 1.82) is 0 Å². The Kier molecular flexibility index (Phi) is 2.95. The Hall–Kier alpha value is -1.72. The van der Waals surface area contributed by atoms with Gasteiger partial charge in [-0.25, -0.2) is 13.2 Å². The monoisotopic (exact) mass is 243 g/mol. The summed E-state index contributed by atoms with van der Waals surface area (Å²) in [6, 6.07) is 0.953. The molecule has 3 nitrogen and oxygen atoms in total. The van der Waals surface area contributed by atoms with Gasteiger partial charge in [-0.1, -0.05) is 0 Å². The number of rotatable bonds is 2. The molecule has 0 saturated heterocycles. The van der Waals surface area contributed by atoms with E-state index in [2.05, 4.69) is 4.99 Å². The minimum absolute atomic E-state index is 0.0787. The maximum absolute atomic E-state index is 13.6. The van der Waals surface area contributed by atoms with E-state index in [4.69, 9.17) is 5.73 Å². The molecule has 0 saturated carbocycles. The first-order valence-corrected chi connectivity index (χ1v) is 5.25. The Labute approximate surface area is 96.7 Å². The van der Waals surface area contributed by atoms with Crippen molar-refractivity contribution in [2.75, 3.05) is 13.1 Å². The molecule has 1 aromatic rings. The molecular formula is C11H12F3N3. The summed E-state index contributed by atoms with van der Waals surface area (Å²) in [6.07, 6.45) is 0. The standard InChI is InChI=1S/C11H12F3N3/c1-2-17-10(5-16-11(17)15)6-3-8(13)9(14)4-7(6)12/h3-4,10H,2,5H2,1H3,(H2,15,16). The van der Waals surface area contributed by atoms with Crippen LogP contribution in [0.5, 0.6) is 0 Å². The van der Waals surface area contributed by atoms with E-state index in [-0.39, 0.29) is 12.1 Å². The van der Waals surface area contributed by atoms with Crippen molar-refractivity contribution in [1.82, 2.24) is 4.90 Å². The molecule has 2 N–H and O–H groups in total. The van der Waals surface area contributed by atoms with Crippen LogP contribution in [0.15, 0.2) is 17.1 Å². The number of benzene rings is 1. The molecule has 17 heavy (non-hydrogen) atoms. The zero-order valence-electron chi connectivity index (χ0n) is 9.25. The van der Waals surface area contributed by atoms with Gasteiger partial charge in [0.1, 0.15) is 5.82 Å². The van der Waals surface area contributed by atoms with Gasteiger partial charge in [0.25, 0.3) is 0 Å². The van der Waals surface area contributed by atoms with Gasteiger partial charge in [0.05, 0.1) is 12.6 Å². The van der Waals surface area contributed by atoms with Gasteiger partial charge in [-0.2, -0.15) is 0 Å². The fourth-order valence-corrected chi connectivity index (χ4v) is 1.97. The van der Waals surface area contributed by atoms with E-state index in [9.17, 15) is 13.2 Å². The highest BCUT2D eigenvalue weighted by Crippen LogP contribution is 2.28. The molecule has 0 bridgehead atoms. The lowest BCUT2D eigenvalue weighted by Gasteiger charge is -2.25. The summed E-state index contributed by atoms with van der Waals surface area (Å²) in [5.74, 6) is -2.75. The van der Waals surface area contributed by atoms with Crippen molar-refractivity contribution in [3.63, 3.8) is 0 Å². The third kappa shape index (κ3) is 1.94. The number of hydrogen-bond acceptors (Lipinski definition) is 3. The van der Waals surface area contributed by atoms with Crippen LogP contribution in [0, 0.1) is 17.5 Å². The quantitative estimate of drug-likeness (QED) is 0.805. The third-order valence-electron chi connectivity index (χ3n) is 2.84. The summed E-state index contributed by atoms with van der Waals surface area (Å²) in [5, 5.41) is 0. The van der Waals surface area contributed by atoms with E-state index in [0.29, 0.717) is 18.6 Å². The van der Waals surface area contributed by atoms with Gasteiger partial charge >= 0.3 is 0 Å². The van der Waals surface area contributed by atoms with Crippen molar-refractivity contribution in [3.8, 4) is 0 Å². The van der Waals surface area contributed by atoms with E-state index in [1.807, 2.05) is 6.92 Å². The lowest BCUT2D eigenvalue weighted by Crippen LogP contribution is -2.36. The first-order valence-electron chi connectivity index (χ1n) is 5.25. The number of hydrogen-bond donors (Lipinski definition) is 1. The molecule has 1 aromatic carbocycles. The second-order valence-electron chi connectivity index (χ2n) is 3.79. The molecule has 1 aliphatic rings. The van der Waals surface area contributed by atoms with Crippen LogP contribution in [0.2, 0.25) is 0 Å². The van der Waals surface area contributed by atoms with Crippen LogP contribution in [0.25, 0.3) is 0 Å². The predicted molar refractivity (Wildman–Crippen MR) is 57.9 cm³/mol. The second kappa shape index (κ2) is 4.27. The molecule has 1 heterocycles. The molecule has 1 atom stereocenters. The maximum Gasteiger partial charge on any atom is 0.191 e. The Balaban J connectivity index is 2.39. The summed E-state index contributed by atoms with van der Waals surface area (Å²) >= 11 is 0. The SMILES string of the molecule is CCN1C(N)=NCC1c1cc(F)c(F)cc1F. The van der Waals surface area contributed by atoms with Crippen LogP contribution in [0.4, 0.5) is 13.2 Å². The van der Waals surface area contributed by atoms with Gasteiger partial charge in [-0.05, 0) is 13.0 Å². The molecule has 1 aliphatic heterocycles. The fourth-order valence-electron chi connectivity index (χ4n) is 1.97. The lowest BCUT2D eigenvalue weighted by molar-refractivity contribution is 0.350. The predicted octanol–water partition coefficient (Wildman–Crippen LogP) is 1.80. The fraction of sp³-hybridized carbons (Fsp3) is 0.364. The first kappa shape index (κ1) is 11.8. The van der Waals surface area contributed by atoms with Crippen LogP contribution in [0.3, 0.4) is 0 Å². The average Bonchev–Trinajstić information content (AvgIpc) is 2.64. The Morgan fingerprint density at radius 1 is 1.29 bits per heavy atom. The summed E-state index contributed by atoms with van der Waals surface area (Å²) in [6.45, 7) is 2.61. The highest BCUT2D eigenvalue weighted by atomic mass is 19.2. The van der Waals surface area contributed by atoms with Gasteiger partial charge in [0.15, 0.2) is 17.6 Å². The van der Waals surface area contributed by atoms with Crippen molar-refractivity contribution in [2.45, 2.75) is 13.0 Å². The van der Waals surface area contributed by atoms with Crippen LogP contribution < -0.4 is 5.73 Å². The zero-order chi connectivity index (χ0) is 12.6. The Bertz CT molecular complexity index is 473. The molecule has 0 spiro atoms. The number of nitrogens with two attached hydrogens (primary N) is 1. The molecule has 2 rings (SSSR count). The molecule has 0 fully saturated rings. The molecule has 0 aromatic heterocycles. The molecule has 0 amide bonds. The van der Waals surface area contributed by atoms with E-state index < -0.39 is 23.5 Å². The van der Waals surface area contributed by atoms with Gasteiger partial charge in [-0.15, -0.1) is 0 Å². The molecule has 6 heteroatoms. The van der Waals surface area contributed by atoms with Crippen molar-refractivity contribution in [3.05, 3.63) is 35.1 Å². The van der Waals surface area contributed by atoms with Crippen LogP contribution in [-0.4, -0.2) is 23.9 Å². The normalized spacial score (nSPS) is 19.6. The maximum atomic E-state index is 13.6. The first-order chi connectivity index (χ1) is 8.04. The molecular weight excluding hydrogens is 231 g/mol. The highest BCUT2D eigenvalue weighted by Gasteiger charge is 2.29. The molecule has 0 aliphatic carbocycles. The van der Waals surface area contributed by atoms with Gasteiger partial charge in [0, 0.05) is 18.2 Å². The average molecular weight is 243 g/mol. The Morgan fingerprint density at radius 2 is 1.94 bits per heavy atom. The van der Waals surface area contributed by atoms with Crippen LogP contribution in [-0.2, 0) is 0 Å². The van der Waals surface area contributed by atoms with Gasteiger partial charge in [0.2, 0.25) is 0 Å². The van der Waals surface area contributed by atoms with E-state index in [0.717, 1.165) is 6.07 Å². The third-order valence-corrected chi connectivity index (χ3v) is 2.84. The summed E-state index contributed by atoms with van der Waals surface area (Å²) in [7, 11) is 0. The number of likely N-dealkylation sites (N-methyl/N-ethyl adjacent to an activating group) is 1. The van der Waals surface area contributed by atoms with Gasteiger partial charge in [-0.3, -0.25) is 4.99 Å². The Morgan fingerprint density at radius 3 is 2.59 bits per heavy atom. The van der Waals surface area contributed by atoms with Crippen molar-refractivity contribution < 1.29 is 13.2 Å². The van der Waals surface area contributed by atoms with Crippen LogP contribution >= 0.6 is 0 Å². The lowest BCUT2D eigenvalue weighted by atomic mass is 10.1. The zero-order valence-corrected chi connectivity index (χ0v) is 9.25. The summed E-state index contributed by atoms with van der Waals surface area (Å²) < 4.78 is 39.5. The van der Waals surface area contributed by atoms with Crippen LogP contribution in [0.1, 0.15) is 18.5 Å². The molecule has 92 valence electrons. The summed E-state index contributed by atoms with van der Waals surface area (Å²) in [5.41, 5.74) is 5.70. The number of halogens is 3. The number of nitrogens with zero attached hydrogens (tertiary/aromatic N) is 2. The van der Waals surface area contributed by atoms with E-state index >= 15 is 0 Å². The topological polar surface area (TPSA) is 41.6 Å². The largest absolute Gasteiger partial charge is 0.370 e. The van der Waals surface area contributed by atoms with Crippen molar-refractivity contribution >= 4 is 5.96 Å². The second-order valence-corrected chi connectivity index (χ2v) is 3.79. The molecule has 0 radical (unpaired) electrons. The summed E-state index contributed by atoms with van der Waals surface area (Å²) in [4.78, 5) is 5.63. The smallest absolute Gasteiger partial charge is 0.191 e. The highest BCUT2D eigenvalue weighted by molar-refractivity contribution is 5.80. The number of guanidine groups is 1.